The van der Waals surface area contributed by atoms with Crippen LogP contribution in [0.2, 0.25) is 0 Å². The third-order valence-electron chi connectivity index (χ3n) is 4.99. The molecule has 1 aromatic carbocycles. The highest BCUT2D eigenvalue weighted by Gasteiger charge is 2.26. The van der Waals surface area contributed by atoms with Gasteiger partial charge in [0.15, 0.2) is 6.61 Å². The van der Waals surface area contributed by atoms with Crippen LogP contribution >= 0.6 is 11.3 Å². The number of nitrogens with one attached hydrogen (secondary N) is 3. The zero-order valence-corrected chi connectivity index (χ0v) is 18.5. The van der Waals surface area contributed by atoms with E-state index in [-0.39, 0.29) is 5.91 Å². The predicted octanol–water partition coefficient (Wildman–Crippen LogP) is 2.84. The minimum Gasteiger partial charge on any atom is -0.452 e. The Bertz CT molecular complexity index is 957. The Hall–Kier alpha value is -2.91. The van der Waals surface area contributed by atoms with E-state index in [1.807, 2.05) is 0 Å². The number of anilines is 2. The topological polar surface area (TPSA) is 106 Å². The molecule has 8 nitrogen and oxygen atoms in total. The normalized spacial score (nSPS) is 12.6. The van der Waals surface area contributed by atoms with Gasteiger partial charge in [-0.25, -0.2) is 4.79 Å². The van der Waals surface area contributed by atoms with E-state index in [1.54, 1.807) is 38.4 Å². The fraction of sp³-hybridized carbons (Fsp3) is 0.409. The number of fused-ring (bicyclic) bond motifs is 1. The molecule has 3 rings (SSSR count). The molecule has 166 valence electrons. The van der Waals surface area contributed by atoms with Crippen LogP contribution in [-0.2, 0) is 27.1 Å². The number of carbonyl (C=O) groups excluding carboxylic acids is 3. The molecule has 2 amide bonds. The Balaban J connectivity index is 1.68. The van der Waals surface area contributed by atoms with Crippen molar-refractivity contribution in [3.8, 4) is 0 Å². The second-order valence-corrected chi connectivity index (χ2v) is 8.19. The lowest BCUT2D eigenvalue weighted by molar-refractivity contribution is -0.119. The largest absolute Gasteiger partial charge is 0.452 e. The number of benzene rings is 1. The first-order chi connectivity index (χ1) is 15.0. The van der Waals surface area contributed by atoms with Crippen LogP contribution in [0, 0.1) is 0 Å². The summed E-state index contributed by atoms with van der Waals surface area (Å²) in [4.78, 5) is 38.7. The van der Waals surface area contributed by atoms with Crippen molar-refractivity contribution in [3.05, 3.63) is 45.8 Å². The van der Waals surface area contributed by atoms with Gasteiger partial charge in [-0.1, -0.05) is 12.1 Å². The molecule has 0 atom stereocenters. The van der Waals surface area contributed by atoms with Crippen LogP contribution < -0.4 is 16.0 Å². The summed E-state index contributed by atoms with van der Waals surface area (Å²) in [5, 5.41) is 9.02. The number of thiophene rings is 1. The standard InChI is InChI=1S/C22H27N3O5S/c1-23-16-9-5-3-7-14(16)22(28)30-13-18(26)25-21-19(20(27)24-11-12-29-2)15-8-4-6-10-17(15)31-21/h3,5,7,9,23H,4,6,8,10-13H2,1-2H3,(H,24,27)(H,25,26). The third-order valence-corrected chi connectivity index (χ3v) is 6.20. The monoisotopic (exact) mass is 445 g/mol. The maximum Gasteiger partial charge on any atom is 0.340 e. The predicted molar refractivity (Wildman–Crippen MR) is 120 cm³/mol. The van der Waals surface area contributed by atoms with Crippen molar-refractivity contribution in [2.45, 2.75) is 25.7 Å². The summed E-state index contributed by atoms with van der Waals surface area (Å²) >= 11 is 1.42. The molecule has 2 aromatic rings. The van der Waals surface area contributed by atoms with Crippen molar-refractivity contribution in [2.24, 2.45) is 0 Å². The van der Waals surface area contributed by atoms with Crippen molar-refractivity contribution in [3.63, 3.8) is 0 Å². The van der Waals surface area contributed by atoms with Crippen LogP contribution in [0.25, 0.3) is 0 Å². The number of amides is 2. The molecule has 0 radical (unpaired) electrons. The SMILES string of the molecule is CNc1ccccc1C(=O)OCC(=O)Nc1sc2c(c1C(=O)NCCOC)CCCC2. The number of aryl methyl sites for hydroxylation is 1. The van der Waals surface area contributed by atoms with Crippen LogP contribution in [0.4, 0.5) is 10.7 Å². The molecule has 0 fully saturated rings. The molecule has 1 heterocycles. The number of esters is 1. The van der Waals surface area contributed by atoms with Gasteiger partial charge >= 0.3 is 5.97 Å². The molecular formula is C22H27N3O5S. The lowest BCUT2D eigenvalue weighted by Gasteiger charge is -2.13. The average molecular weight is 446 g/mol. The summed E-state index contributed by atoms with van der Waals surface area (Å²) in [6.45, 7) is 0.351. The zero-order valence-electron chi connectivity index (χ0n) is 17.7. The second-order valence-electron chi connectivity index (χ2n) is 7.08. The fourth-order valence-corrected chi connectivity index (χ4v) is 4.80. The lowest BCUT2D eigenvalue weighted by atomic mass is 9.95. The van der Waals surface area contributed by atoms with Gasteiger partial charge in [0.1, 0.15) is 5.00 Å². The van der Waals surface area contributed by atoms with Crippen LogP contribution in [0.3, 0.4) is 0 Å². The Morgan fingerprint density at radius 1 is 1.13 bits per heavy atom. The van der Waals surface area contributed by atoms with Gasteiger partial charge in [0, 0.05) is 31.3 Å². The van der Waals surface area contributed by atoms with E-state index in [0.717, 1.165) is 36.1 Å². The highest BCUT2D eigenvalue weighted by Crippen LogP contribution is 2.38. The molecule has 0 bridgehead atoms. The van der Waals surface area contributed by atoms with Crippen molar-refractivity contribution < 1.29 is 23.9 Å². The van der Waals surface area contributed by atoms with Crippen molar-refractivity contribution in [1.82, 2.24) is 5.32 Å². The van der Waals surface area contributed by atoms with Gasteiger partial charge in [-0.05, 0) is 43.4 Å². The highest BCUT2D eigenvalue weighted by atomic mass is 32.1. The van der Waals surface area contributed by atoms with E-state index in [0.29, 0.717) is 35.0 Å². The van der Waals surface area contributed by atoms with E-state index in [4.69, 9.17) is 9.47 Å². The first-order valence-corrected chi connectivity index (χ1v) is 11.0. The maximum atomic E-state index is 12.8. The van der Waals surface area contributed by atoms with E-state index in [1.165, 1.54) is 11.3 Å². The smallest absolute Gasteiger partial charge is 0.340 e. The fourth-order valence-electron chi connectivity index (χ4n) is 3.50. The first-order valence-electron chi connectivity index (χ1n) is 10.2. The Labute approximate surface area is 185 Å². The first kappa shape index (κ1) is 22.8. The summed E-state index contributed by atoms with van der Waals surface area (Å²) in [5.41, 5.74) is 2.48. The van der Waals surface area contributed by atoms with Gasteiger partial charge in [-0.2, -0.15) is 0 Å². The molecule has 31 heavy (non-hydrogen) atoms. The molecule has 0 unspecified atom stereocenters. The third kappa shape index (κ3) is 5.62. The number of ether oxygens (including phenoxy) is 2. The molecule has 1 aliphatic carbocycles. The molecule has 0 aliphatic heterocycles. The minimum absolute atomic E-state index is 0.230. The number of carbonyl (C=O) groups is 3. The van der Waals surface area contributed by atoms with Gasteiger partial charge in [-0.15, -0.1) is 11.3 Å². The van der Waals surface area contributed by atoms with Gasteiger partial charge in [0.25, 0.3) is 11.8 Å². The van der Waals surface area contributed by atoms with Gasteiger partial charge in [0.05, 0.1) is 17.7 Å². The number of para-hydroxylation sites is 1. The van der Waals surface area contributed by atoms with E-state index in [9.17, 15) is 14.4 Å². The van der Waals surface area contributed by atoms with Gasteiger partial charge in [-0.3, -0.25) is 9.59 Å². The molecule has 9 heteroatoms. The van der Waals surface area contributed by atoms with Crippen molar-refractivity contribution in [2.75, 3.05) is 44.5 Å². The second kappa shape index (κ2) is 10.9. The molecular weight excluding hydrogens is 418 g/mol. The van der Waals surface area contributed by atoms with Crippen molar-refractivity contribution >= 4 is 39.8 Å². The zero-order chi connectivity index (χ0) is 22.2. The Morgan fingerprint density at radius 2 is 1.90 bits per heavy atom. The molecule has 3 N–H and O–H groups in total. The molecule has 0 spiro atoms. The van der Waals surface area contributed by atoms with E-state index >= 15 is 0 Å². The molecule has 0 saturated heterocycles. The van der Waals surface area contributed by atoms with Crippen molar-refractivity contribution in [1.29, 1.82) is 0 Å². The summed E-state index contributed by atoms with van der Waals surface area (Å²) in [6, 6.07) is 6.90. The Morgan fingerprint density at radius 3 is 2.68 bits per heavy atom. The van der Waals surface area contributed by atoms with Crippen LogP contribution in [0.1, 0.15) is 44.0 Å². The van der Waals surface area contributed by atoms with Gasteiger partial charge < -0.3 is 25.4 Å². The minimum atomic E-state index is -0.594. The molecule has 1 aliphatic rings. The Kier molecular flexibility index (Phi) is 8.02. The summed E-state index contributed by atoms with van der Waals surface area (Å²) < 4.78 is 10.2. The number of hydrogen-bond donors (Lipinski definition) is 3. The summed E-state index contributed by atoms with van der Waals surface area (Å²) in [7, 11) is 3.27. The summed E-state index contributed by atoms with van der Waals surface area (Å²) in [5.74, 6) is -1.31. The van der Waals surface area contributed by atoms with Gasteiger partial charge in [0.2, 0.25) is 0 Å². The number of hydrogen-bond acceptors (Lipinski definition) is 7. The maximum absolute atomic E-state index is 12.8. The molecule has 0 saturated carbocycles. The lowest BCUT2D eigenvalue weighted by Crippen LogP contribution is -2.29. The van der Waals surface area contributed by atoms with E-state index < -0.39 is 18.5 Å². The highest BCUT2D eigenvalue weighted by molar-refractivity contribution is 7.17. The van der Waals surface area contributed by atoms with E-state index in [2.05, 4.69) is 16.0 Å². The average Bonchev–Trinajstić information content (AvgIpc) is 3.15. The quantitative estimate of drug-likeness (QED) is 0.405. The number of rotatable bonds is 9. The van der Waals surface area contributed by atoms with Crippen LogP contribution in [-0.4, -0.2) is 51.7 Å². The summed E-state index contributed by atoms with van der Waals surface area (Å²) in [6.07, 6.45) is 3.78. The van der Waals surface area contributed by atoms with Crippen LogP contribution in [0.15, 0.2) is 24.3 Å². The number of methoxy groups -OCH3 is 1. The van der Waals surface area contributed by atoms with Crippen LogP contribution in [0.5, 0.6) is 0 Å². The molecule has 1 aromatic heterocycles.